The molecule has 1 heterocycles. The number of hydrogen-bond donors (Lipinski definition) is 1. The van der Waals surface area contributed by atoms with Crippen LogP contribution in [0.2, 0.25) is 0 Å². The summed E-state index contributed by atoms with van der Waals surface area (Å²) in [6, 6.07) is 16.3. The predicted octanol–water partition coefficient (Wildman–Crippen LogP) is 6.25. The number of imide groups is 1. The van der Waals surface area contributed by atoms with Crippen LogP contribution >= 0.6 is 27.7 Å². The summed E-state index contributed by atoms with van der Waals surface area (Å²) in [5, 5.41) is 2.11. The fourth-order valence-corrected chi connectivity index (χ4v) is 5.06. The van der Waals surface area contributed by atoms with Gasteiger partial charge in [-0.25, -0.2) is 4.39 Å². The Bertz CT molecular complexity index is 1430. The van der Waals surface area contributed by atoms with Gasteiger partial charge in [-0.05, 0) is 88.7 Å². The van der Waals surface area contributed by atoms with E-state index in [1.54, 1.807) is 60.7 Å². The number of thioether (sulfide) groups is 1. The van der Waals surface area contributed by atoms with E-state index in [2.05, 4.69) is 21.2 Å². The van der Waals surface area contributed by atoms with Crippen molar-refractivity contribution in [2.45, 2.75) is 13.5 Å². The van der Waals surface area contributed by atoms with Crippen LogP contribution in [0.1, 0.15) is 18.1 Å². The van der Waals surface area contributed by atoms with Gasteiger partial charge in [0, 0.05) is 11.3 Å². The highest BCUT2D eigenvalue weighted by Crippen LogP contribution is 2.40. The zero-order valence-corrected chi connectivity index (χ0v) is 23.4. The van der Waals surface area contributed by atoms with Crippen LogP contribution in [-0.4, -0.2) is 42.2 Å². The van der Waals surface area contributed by atoms with E-state index in [0.717, 1.165) is 16.7 Å². The lowest BCUT2D eigenvalue weighted by Gasteiger charge is -2.15. The maximum absolute atomic E-state index is 14.0. The minimum atomic E-state index is -0.580. The molecule has 1 saturated heterocycles. The smallest absolute Gasteiger partial charge is 0.294 e. The van der Waals surface area contributed by atoms with Gasteiger partial charge >= 0.3 is 0 Å². The molecule has 11 heteroatoms. The zero-order chi connectivity index (χ0) is 27.9. The molecule has 0 saturated carbocycles. The van der Waals surface area contributed by atoms with Crippen LogP contribution in [0.3, 0.4) is 0 Å². The summed E-state index contributed by atoms with van der Waals surface area (Å²) < 4.78 is 31.2. The van der Waals surface area contributed by atoms with E-state index in [4.69, 9.17) is 14.2 Å². The van der Waals surface area contributed by atoms with Crippen LogP contribution in [0.5, 0.6) is 17.2 Å². The summed E-state index contributed by atoms with van der Waals surface area (Å²) in [7, 11) is 1.54. The minimum absolute atomic E-state index is 0.0117. The van der Waals surface area contributed by atoms with Crippen LogP contribution < -0.4 is 19.5 Å². The summed E-state index contributed by atoms with van der Waals surface area (Å²) in [6.07, 6.45) is 1.54. The average molecular weight is 615 g/mol. The summed E-state index contributed by atoms with van der Waals surface area (Å²) in [5.41, 5.74) is 1.46. The monoisotopic (exact) mass is 614 g/mol. The molecule has 1 fully saturated rings. The van der Waals surface area contributed by atoms with Gasteiger partial charge < -0.3 is 19.5 Å². The van der Waals surface area contributed by atoms with Crippen molar-refractivity contribution in [2.24, 2.45) is 0 Å². The molecule has 4 rings (SSSR count). The molecule has 1 aliphatic rings. The first kappa shape index (κ1) is 28.2. The number of halogens is 2. The Morgan fingerprint density at radius 1 is 1.10 bits per heavy atom. The van der Waals surface area contributed by atoms with Crippen LogP contribution in [0.4, 0.5) is 14.9 Å². The number of amides is 3. The number of nitrogens with zero attached hydrogens (tertiary/aromatic N) is 1. The third-order valence-electron chi connectivity index (χ3n) is 5.51. The van der Waals surface area contributed by atoms with E-state index in [1.165, 1.54) is 13.2 Å². The maximum atomic E-state index is 14.0. The Hall–Kier alpha value is -3.83. The molecular formula is C28H24BrFN2O6S. The fourth-order valence-electron chi connectivity index (χ4n) is 3.65. The van der Waals surface area contributed by atoms with Gasteiger partial charge in [-0.3, -0.25) is 19.3 Å². The number of methoxy groups -OCH3 is 1. The number of hydrogen-bond acceptors (Lipinski definition) is 7. The van der Waals surface area contributed by atoms with Crippen LogP contribution in [0.25, 0.3) is 6.08 Å². The molecule has 0 atom stereocenters. The standard InChI is InChI=1S/C28H24BrFN2O6S/c1-3-37-23-13-17(12-21(29)26(23)38-16-18-6-4-5-7-22(18)30)14-24-27(34)32(28(35)39-24)15-25(33)31-19-8-10-20(36-2)11-9-19/h4-14H,3,15-16H2,1-2H3,(H,31,33)/b24-14-. The quantitative estimate of drug-likeness (QED) is 0.270. The van der Waals surface area contributed by atoms with E-state index in [1.807, 2.05) is 6.92 Å². The molecular weight excluding hydrogens is 591 g/mol. The minimum Gasteiger partial charge on any atom is -0.497 e. The Morgan fingerprint density at radius 3 is 2.54 bits per heavy atom. The van der Waals surface area contributed by atoms with Crippen molar-refractivity contribution < 1.29 is 33.0 Å². The second-order valence-corrected chi connectivity index (χ2v) is 10.0. The normalized spacial score (nSPS) is 14.1. The highest BCUT2D eigenvalue weighted by atomic mass is 79.9. The summed E-state index contributed by atoms with van der Waals surface area (Å²) in [6.45, 7) is 1.71. The number of rotatable bonds is 10. The van der Waals surface area contributed by atoms with Crippen molar-refractivity contribution in [2.75, 3.05) is 25.6 Å². The molecule has 3 amide bonds. The van der Waals surface area contributed by atoms with Crippen molar-refractivity contribution in [1.29, 1.82) is 0 Å². The topological polar surface area (TPSA) is 94.2 Å². The number of nitrogens with one attached hydrogen (secondary N) is 1. The molecule has 202 valence electrons. The molecule has 3 aromatic carbocycles. The van der Waals surface area contributed by atoms with Gasteiger partial charge in [0.1, 0.15) is 24.7 Å². The van der Waals surface area contributed by atoms with Gasteiger partial charge in [-0.15, -0.1) is 0 Å². The van der Waals surface area contributed by atoms with Crippen molar-refractivity contribution in [1.82, 2.24) is 4.90 Å². The zero-order valence-electron chi connectivity index (χ0n) is 21.0. The lowest BCUT2D eigenvalue weighted by atomic mass is 10.1. The van der Waals surface area contributed by atoms with Crippen LogP contribution in [-0.2, 0) is 16.2 Å². The largest absolute Gasteiger partial charge is 0.497 e. The number of anilines is 1. The summed E-state index contributed by atoms with van der Waals surface area (Å²) >= 11 is 4.20. The van der Waals surface area contributed by atoms with Crippen molar-refractivity contribution >= 4 is 56.5 Å². The first-order chi connectivity index (χ1) is 18.8. The predicted molar refractivity (Wildman–Crippen MR) is 150 cm³/mol. The molecule has 0 aliphatic carbocycles. The number of carbonyl (C=O) groups excluding carboxylic acids is 3. The molecule has 0 aromatic heterocycles. The van der Waals surface area contributed by atoms with Gasteiger partial charge in [0.15, 0.2) is 11.5 Å². The van der Waals surface area contributed by atoms with Gasteiger partial charge in [-0.2, -0.15) is 0 Å². The SMILES string of the molecule is CCOc1cc(/C=C2\SC(=O)N(CC(=O)Nc3ccc(OC)cc3)C2=O)cc(Br)c1OCc1ccccc1F. The average Bonchev–Trinajstić information content (AvgIpc) is 3.17. The maximum Gasteiger partial charge on any atom is 0.294 e. The Labute approximate surface area is 237 Å². The van der Waals surface area contributed by atoms with E-state index in [-0.39, 0.29) is 17.3 Å². The third kappa shape index (κ3) is 6.98. The van der Waals surface area contributed by atoms with E-state index in [0.29, 0.717) is 45.1 Å². The Kier molecular flexibility index (Phi) is 9.26. The second-order valence-electron chi connectivity index (χ2n) is 8.19. The number of benzene rings is 3. The second kappa shape index (κ2) is 12.8. The van der Waals surface area contributed by atoms with Crippen molar-refractivity contribution in [3.05, 3.63) is 87.0 Å². The fraction of sp³-hybridized carbons (Fsp3) is 0.179. The molecule has 39 heavy (non-hydrogen) atoms. The lowest BCUT2D eigenvalue weighted by Crippen LogP contribution is -2.36. The van der Waals surface area contributed by atoms with E-state index in [9.17, 15) is 18.8 Å². The molecule has 0 bridgehead atoms. The van der Waals surface area contributed by atoms with E-state index >= 15 is 0 Å². The third-order valence-corrected chi connectivity index (χ3v) is 7.00. The number of carbonyl (C=O) groups is 3. The van der Waals surface area contributed by atoms with Crippen molar-refractivity contribution in [3.8, 4) is 17.2 Å². The Morgan fingerprint density at radius 2 is 1.85 bits per heavy atom. The molecule has 1 aliphatic heterocycles. The molecule has 3 aromatic rings. The molecule has 1 N–H and O–H groups in total. The summed E-state index contributed by atoms with van der Waals surface area (Å²) in [4.78, 5) is 39.0. The van der Waals surface area contributed by atoms with Crippen LogP contribution in [0.15, 0.2) is 70.0 Å². The number of ether oxygens (including phenoxy) is 3. The van der Waals surface area contributed by atoms with E-state index < -0.39 is 23.6 Å². The molecule has 0 unspecified atom stereocenters. The molecule has 0 radical (unpaired) electrons. The molecule has 0 spiro atoms. The van der Waals surface area contributed by atoms with Gasteiger partial charge in [-0.1, -0.05) is 18.2 Å². The highest BCUT2D eigenvalue weighted by Gasteiger charge is 2.36. The molecule has 8 nitrogen and oxygen atoms in total. The first-order valence-electron chi connectivity index (χ1n) is 11.8. The van der Waals surface area contributed by atoms with Crippen molar-refractivity contribution in [3.63, 3.8) is 0 Å². The van der Waals surface area contributed by atoms with Gasteiger partial charge in [0.25, 0.3) is 11.1 Å². The Balaban J connectivity index is 1.48. The van der Waals surface area contributed by atoms with Gasteiger partial charge in [0.05, 0.1) is 23.1 Å². The van der Waals surface area contributed by atoms with Gasteiger partial charge in [0.2, 0.25) is 5.91 Å². The highest BCUT2D eigenvalue weighted by molar-refractivity contribution is 9.10. The lowest BCUT2D eigenvalue weighted by molar-refractivity contribution is -0.127. The first-order valence-corrected chi connectivity index (χ1v) is 13.4. The van der Waals surface area contributed by atoms with Crippen LogP contribution in [0, 0.1) is 5.82 Å². The summed E-state index contributed by atoms with van der Waals surface area (Å²) in [5.74, 6) is -0.0806.